The van der Waals surface area contributed by atoms with Crippen molar-refractivity contribution in [2.75, 3.05) is 0 Å². The topological polar surface area (TPSA) is 45.8 Å². The number of hydrogen-bond acceptors (Lipinski definition) is 3. The Morgan fingerprint density at radius 2 is 2.33 bits per heavy atom. The Balaban J connectivity index is 2.45. The number of nitrogens with one attached hydrogen (secondary N) is 1. The van der Waals surface area contributed by atoms with Crippen LogP contribution >= 0.6 is 27.3 Å². The summed E-state index contributed by atoms with van der Waals surface area (Å²) in [6, 6.07) is 4.04. The van der Waals surface area contributed by atoms with E-state index in [2.05, 4.69) is 38.9 Å². The molecule has 0 unspecified atom stereocenters. The molecule has 3 nitrogen and oxygen atoms in total. The molecule has 0 atom stereocenters. The lowest BCUT2D eigenvalue weighted by Crippen LogP contribution is -2.08. The summed E-state index contributed by atoms with van der Waals surface area (Å²) >= 11 is 4.77. The second-order valence-corrected chi connectivity index (χ2v) is 5.05. The molecule has 1 N–H and O–H groups in total. The minimum atomic E-state index is -0.147. The number of aryl methyl sites for hydroxylation is 1. The maximum absolute atomic E-state index is 11.4. The van der Waals surface area contributed by atoms with Gasteiger partial charge in [-0.2, -0.15) is 0 Å². The van der Waals surface area contributed by atoms with Crippen molar-refractivity contribution in [3.63, 3.8) is 0 Å². The zero-order valence-corrected chi connectivity index (χ0v) is 10.5. The van der Waals surface area contributed by atoms with Gasteiger partial charge in [-0.3, -0.25) is 4.79 Å². The minimum Gasteiger partial charge on any atom is -0.305 e. The van der Waals surface area contributed by atoms with Gasteiger partial charge in [-0.05, 0) is 34.5 Å². The first kappa shape index (κ1) is 10.6. The van der Waals surface area contributed by atoms with Crippen molar-refractivity contribution in [3.8, 4) is 10.7 Å². The molecule has 0 spiro atoms. The molecule has 0 radical (unpaired) electrons. The van der Waals surface area contributed by atoms with Gasteiger partial charge < -0.3 is 4.98 Å². The van der Waals surface area contributed by atoms with Crippen LogP contribution < -0.4 is 5.56 Å². The first-order valence-corrected chi connectivity index (χ1v) is 6.15. The van der Waals surface area contributed by atoms with Crippen molar-refractivity contribution >= 4 is 27.3 Å². The van der Waals surface area contributed by atoms with E-state index in [1.54, 1.807) is 11.3 Å². The third kappa shape index (κ3) is 2.18. The molecule has 0 aliphatic heterocycles. The minimum absolute atomic E-state index is 0.147. The number of nitrogens with zero attached hydrogens (tertiary/aromatic N) is 1. The molecule has 15 heavy (non-hydrogen) atoms. The van der Waals surface area contributed by atoms with Gasteiger partial charge in [-0.25, -0.2) is 4.98 Å². The molecule has 2 aromatic heterocycles. The first-order chi connectivity index (χ1) is 7.20. The first-order valence-electron chi connectivity index (χ1n) is 4.54. The van der Waals surface area contributed by atoms with Crippen LogP contribution in [0, 0.1) is 0 Å². The Morgan fingerprint density at radius 3 is 2.93 bits per heavy atom. The highest BCUT2D eigenvalue weighted by atomic mass is 79.9. The van der Waals surface area contributed by atoms with Crippen LogP contribution in [-0.4, -0.2) is 9.97 Å². The predicted molar refractivity (Wildman–Crippen MR) is 65.2 cm³/mol. The van der Waals surface area contributed by atoms with Gasteiger partial charge in [0.15, 0.2) is 0 Å². The zero-order chi connectivity index (χ0) is 10.8. The molecule has 0 aliphatic carbocycles. The lowest BCUT2D eigenvalue weighted by molar-refractivity contribution is 1.12. The number of rotatable bonds is 2. The normalized spacial score (nSPS) is 10.5. The summed E-state index contributed by atoms with van der Waals surface area (Å²) in [6.07, 6.45) is 2.53. The second kappa shape index (κ2) is 4.28. The van der Waals surface area contributed by atoms with Crippen LogP contribution in [-0.2, 0) is 6.42 Å². The van der Waals surface area contributed by atoms with Crippen LogP contribution in [0.5, 0.6) is 0 Å². The number of hydrogen-bond donors (Lipinski definition) is 1. The molecule has 0 saturated carbocycles. The lowest BCUT2D eigenvalue weighted by atomic mass is 10.3. The monoisotopic (exact) mass is 284 g/mol. The van der Waals surface area contributed by atoms with E-state index in [4.69, 9.17) is 0 Å². The molecule has 5 heteroatoms. The maximum Gasteiger partial charge on any atom is 0.265 e. The van der Waals surface area contributed by atoms with Gasteiger partial charge in [-0.15, -0.1) is 11.3 Å². The summed E-state index contributed by atoms with van der Waals surface area (Å²) in [7, 11) is 0. The molecule has 0 amide bonds. The molecule has 2 rings (SSSR count). The van der Waals surface area contributed by atoms with Crippen molar-refractivity contribution in [1.29, 1.82) is 0 Å². The zero-order valence-electron chi connectivity index (χ0n) is 8.08. The highest BCUT2D eigenvalue weighted by molar-refractivity contribution is 9.10. The van der Waals surface area contributed by atoms with Crippen LogP contribution in [0.2, 0.25) is 0 Å². The summed E-state index contributed by atoms with van der Waals surface area (Å²) in [5.41, 5.74) is -0.147. The average Bonchev–Trinajstić information content (AvgIpc) is 2.70. The SMILES string of the molecule is CCc1ccc(-c2ncc(Br)c(=O)[nH]2)s1. The predicted octanol–water partition coefficient (Wildman–Crippen LogP) is 2.82. The molecule has 0 saturated heterocycles. The fourth-order valence-electron chi connectivity index (χ4n) is 1.20. The summed E-state index contributed by atoms with van der Waals surface area (Å²) in [6.45, 7) is 2.10. The third-order valence-corrected chi connectivity index (χ3v) is 3.80. The number of H-pyrrole nitrogens is 1. The van der Waals surface area contributed by atoms with E-state index in [9.17, 15) is 4.79 Å². The van der Waals surface area contributed by atoms with E-state index in [-0.39, 0.29) is 5.56 Å². The maximum atomic E-state index is 11.4. The second-order valence-electron chi connectivity index (χ2n) is 3.03. The smallest absolute Gasteiger partial charge is 0.265 e. The molecular weight excluding hydrogens is 276 g/mol. The molecule has 0 bridgehead atoms. The summed E-state index contributed by atoms with van der Waals surface area (Å²) in [4.78, 5) is 20.5. The Bertz CT molecular complexity index is 532. The molecule has 78 valence electrons. The van der Waals surface area contributed by atoms with Gasteiger partial charge in [0.25, 0.3) is 5.56 Å². The van der Waals surface area contributed by atoms with Crippen LogP contribution in [0.4, 0.5) is 0 Å². The van der Waals surface area contributed by atoms with Crippen molar-refractivity contribution in [1.82, 2.24) is 9.97 Å². The van der Waals surface area contributed by atoms with Crippen molar-refractivity contribution in [2.24, 2.45) is 0 Å². The van der Waals surface area contributed by atoms with Gasteiger partial charge >= 0.3 is 0 Å². The Morgan fingerprint density at radius 1 is 1.53 bits per heavy atom. The fraction of sp³-hybridized carbons (Fsp3) is 0.200. The molecule has 2 heterocycles. The van der Waals surface area contributed by atoms with Gasteiger partial charge in [0.1, 0.15) is 10.3 Å². The number of halogens is 1. The molecule has 2 aromatic rings. The number of aromatic nitrogens is 2. The highest BCUT2D eigenvalue weighted by Gasteiger charge is 2.05. The van der Waals surface area contributed by atoms with Gasteiger partial charge in [0, 0.05) is 11.1 Å². The Kier molecular flexibility index (Phi) is 3.02. The van der Waals surface area contributed by atoms with Crippen LogP contribution in [0.25, 0.3) is 10.7 Å². The molecule has 0 aliphatic rings. The number of thiophene rings is 1. The van der Waals surface area contributed by atoms with Crippen LogP contribution in [0.1, 0.15) is 11.8 Å². The third-order valence-electron chi connectivity index (χ3n) is 2.00. The van der Waals surface area contributed by atoms with E-state index in [1.165, 1.54) is 11.1 Å². The van der Waals surface area contributed by atoms with Gasteiger partial charge in [-0.1, -0.05) is 6.92 Å². The molecular formula is C10H9BrN2OS. The van der Waals surface area contributed by atoms with Gasteiger partial charge in [0.2, 0.25) is 0 Å². The van der Waals surface area contributed by atoms with E-state index in [1.807, 2.05) is 6.07 Å². The van der Waals surface area contributed by atoms with E-state index >= 15 is 0 Å². The van der Waals surface area contributed by atoms with Crippen LogP contribution in [0.3, 0.4) is 0 Å². The van der Waals surface area contributed by atoms with E-state index in [0.29, 0.717) is 10.3 Å². The quantitative estimate of drug-likeness (QED) is 0.922. The van der Waals surface area contributed by atoms with Crippen LogP contribution in [0.15, 0.2) is 27.6 Å². The van der Waals surface area contributed by atoms with E-state index in [0.717, 1.165) is 11.3 Å². The summed E-state index contributed by atoms with van der Waals surface area (Å²) in [5, 5.41) is 0. The van der Waals surface area contributed by atoms with Gasteiger partial charge in [0.05, 0.1) is 4.88 Å². The average molecular weight is 285 g/mol. The number of aromatic amines is 1. The largest absolute Gasteiger partial charge is 0.305 e. The molecule has 0 fully saturated rings. The fourth-order valence-corrected chi connectivity index (χ4v) is 2.30. The standard InChI is InChI=1S/C10H9BrN2OS/c1-2-6-3-4-8(15-6)9-12-5-7(11)10(14)13-9/h3-5H,2H2,1H3,(H,12,13,14). The van der Waals surface area contributed by atoms with Crippen molar-refractivity contribution in [3.05, 3.63) is 38.0 Å². The highest BCUT2D eigenvalue weighted by Crippen LogP contribution is 2.24. The Hall–Kier alpha value is -0.940. The summed E-state index contributed by atoms with van der Waals surface area (Å²) in [5.74, 6) is 0.632. The summed E-state index contributed by atoms with van der Waals surface area (Å²) < 4.78 is 0.457. The Labute approximate surface area is 99.3 Å². The van der Waals surface area contributed by atoms with E-state index < -0.39 is 0 Å². The van der Waals surface area contributed by atoms with Crippen molar-refractivity contribution < 1.29 is 0 Å². The lowest BCUT2D eigenvalue weighted by Gasteiger charge is -1.95. The van der Waals surface area contributed by atoms with Crippen molar-refractivity contribution in [2.45, 2.75) is 13.3 Å². The molecule has 0 aromatic carbocycles.